The van der Waals surface area contributed by atoms with Crippen LogP contribution in [0.15, 0.2) is 6.07 Å². The molecule has 2 atom stereocenters. The topological polar surface area (TPSA) is 41.3 Å². The number of aliphatic hydroxyl groups is 1. The number of aromatic nitrogens is 2. The van der Waals surface area contributed by atoms with E-state index in [0.717, 1.165) is 44.5 Å². The van der Waals surface area contributed by atoms with Gasteiger partial charge in [-0.1, -0.05) is 6.92 Å². The molecule has 0 amide bonds. The average Bonchev–Trinajstić information content (AvgIpc) is 3.07. The lowest BCUT2D eigenvalue weighted by atomic mass is 9.88. The molecular weight excluding hydrogens is 238 g/mol. The number of aryl methyl sites for hydroxylation is 2. The molecule has 2 fully saturated rings. The van der Waals surface area contributed by atoms with Crippen molar-refractivity contribution in [2.24, 2.45) is 0 Å². The van der Waals surface area contributed by atoms with Gasteiger partial charge in [0.25, 0.3) is 0 Å². The second-order valence-electron chi connectivity index (χ2n) is 6.02. The van der Waals surface area contributed by atoms with Crippen LogP contribution in [0.2, 0.25) is 0 Å². The summed E-state index contributed by atoms with van der Waals surface area (Å²) in [6, 6.07) is 2.55. The minimum absolute atomic E-state index is 0.373. The van der Waals surface area contributed by atoms with Crippen LogP contribution in [0.1, 0.15) is 44.5 Å². The van der Waals surface area contributed by atoms with E-state index < -0.39 is 5.60 Å². The van der Waals surface area contributed by atoms with Gasteiger partial charge in [-0.25, -0.2) is 0 Å². The minimum atomic E-state index is -0.533. The summed E-state index contributed by atoms with van der Waals surface area (Å²) >= 11 is 0. The monoisotopic (exact) mass is 263 g/mol. The van der Waals surface area contributed by atoms with E-state index in [1.54, 1.807) is 0 Å². The maximum absolute atomic E-state index is 11.0. The summed E-state index contributed by atoms with van der Waals surface area (Å²) in [5.41, 5.74) is 1.81. The van der Waals surface area contributed by atoms with Gasteiger partial charge in [-0.15, -0.1) is 0 Å². The van der Waals surface area contributed by atoms with Gasteiger partial charge in [-0.05, 0) is 45.2 Å². The number of rotatable bonds is 4. The normalized spacial score (nSPS) is 31.0. The summed E-state index contributed by atoms with van der Waals surface area (Å²) in [7, 11) is 0. The Morgan fingerprint density at radius 3 is 3.00 bits per heavy atom. The molecule has 0 bridgehead atoms. The molecule has 1 N–H and O–H groups in total. The van der Waals surface area contributed by atoms with Crippen molar-refractivity contribution in [3.8, 4) is 0 Å². The van der Waals surface area contributed by atoms with Crippen molar-refractivity contribution in [3.63, 3.8) is 0 Å². The third-order valence-corrected chi connectivity index (χ3v) is 4.88. The lowest BCUT2D eigenvalue weighted by Crippen LogP contribution is -2.43. The molecule has 4 nitrogen and oxygen atoms in total. The van der Waals surface area contributed by atoms with Crippen molar-refractivity contribution in [2.75, 3.05) is 13.1 Å². The highest BCUT2D eigenvalue weighted by Gasteiger charge is 2.48. The van der Waals surface area contributed by atoms with Crippen molar-refractivity contribution in [1.29, 1.82) is 0 Å². The van der Waals surface area contributed by atoms with Gasteiger partial charge in [0, 0.05) is 31.2 Å². The molecule has 0 spiro atoms. The number of fused-ring (bicyclic) bond motifs is 1. The molecule has 2 unspecified atom stereocenters. The maximum atomic E-state index is 11.0. The van der Waals surface area contributed by atoms with Crippen LogP contribution in [-0.2, 0) is 19.4 Å². The van der Waals surface area contributed by atoms with Crippen molar-refractivity contribution < 1.29 is 5.11 Å². The van der Waals surface area contributed by atoms with Crippen LogP contribution in [0.5, 0.6) is 0 Å². The first-order valence-electron chi connectivity index (χ1n) is 7.68. The first-order chi connectivity index (χ1) is 9.16. The van der Waals surface area contributed by atoms with Crippen molar-refractivity contribution in [2.45, 2.75) is 64.1 Å². The fraction of sp³-hybridized carbons (Fsp3) is 0.800. The summed E-state index contributed by atoms with van der Waals surface area (Å²) in [6.45, 7) is 7.37. The van der Waals surface area contributed by atoms with E-state index >= 15 is 0 Å². The number of hydrogen-bond acceptors (Lipinski definition) is 3. The lowest BCUT2D eigenvalue weighted by Gasteiger charge is -2.30. The Hall–Kier alpha value is -0.870. The van der Waals surface area contributed by atoms with E-state index in [4.69, 9.17) is 0 Å². The van der Waals surface area contributed by atoms with Gasteiger partial charge in [-0.3, -0.25) is 9.58 Å². The van der Waals surface area contributed by atoms with Crippen molar-refractivity contribution in [1.82, 2.24) is 14.7 Å². The van der Waals surface area contributed by atoms with Crippen LogP contribution >= 0.6 is 0 Å². The maximum Gasteiger partial charge on any atom is 0.0869 e. The summed E-state index contributed by atoms with van der Waals surface area (Å²) in [6.07, 6.45) is 5.02. The Morgan fingerprint density at radius 1 is 1.42 bits per heavy atom. The molecular formula is C15H25N3O. The highest BCUT2D eigenvalue weighted by molar-refractivity contribution is 5.16. The van der Waals surface area contributed by atoms with Gasteiger partial charge >= 0.3 is 0 Å². The van der Waals surface area contributed by atoms with E-state index in [1.807, 2.05) is 0 Å². The summed E-state index contributed by atoms with van der Waals surface area (Å²) < 4.78 is 2.06. The molecule has 0 saturated carbocycles. The molecule has 0 aromatic carbocycles. The third-order valence-electron chi connectivity index (χ3n) is 4.88. The number of nitrogens with zero attached hydrogens (tertiary/aromatic N) is 3. The molecule has 19 heavy (non-hydrogen) atoms. The van der Waals surface area contributed by atoms with E-state index in [2.05, 4.69) is 34.6 Å². The highest BCUT2D eigenvalue weighted by Crippen LogP contribution is 2.38. The van der Waals surface area contributed by atoms with Gasteiger partial charge in [0.15, 0.2) is 0 Å². The smallest absolute Gasteiger partial charge is 0.0869 e. The quantitative estimate of drug-likeness (QED) is 0.897. The van der Waals surface area contributed by atoms with Gasteiger partial charge in [0.2, 0.25) is 0 Å². The zero-order valence-corrected chi connectivity index (χ0v) is 12.1. The Balaban J connectivity index is 1.82. The predicted molar refractivity (Wildman–Crippen MR) is 75.1 cm³/mol. The molecule has 3 rings (SSSR count). The van der Waals surface area contributed by atoms with Crippen molar-refractivity contribution in [3.05, 3.63) is 17.5 Å². The van der Waals surface area contributed by atoms with Gasteiger partial charge in [-0.2, -0.15) is 5.10 Å². The zero-order valence-electron chi connectivity index (χ0n) is 12.1. The molecule has 1 aromatic heterocycles. The Morgan fingerprint density at radius 2 is 2.26 bits per heavy atom. The summed E-state index contributed by atoms with van der Waals surface area (Å²) in [5.74, 6) is 0. The van der Waals surface area contributed by atoms with Gasteiger partial charge in [0.05, 0.1) is 11.3 Å². The largest absolute Gasteiger partial charge is 0.388 e. The van der Waals surface area contributed by atoms with Gasteiger partial charge < -0.3 is 5.11 Å². The van der Waals surface area contributed by atoms with E-state index in [0.29, 0.717) is 6.04 Å². The predicted octanol–water partition coefficient (Wildman–Crippen LogP) is 1.61. The fourth-order valence-electron chi connectivity index (χ4n) is 3.83. The first kappa shape index (κ1) is 13.1. The molecule has 1 aromatic rings. The molecule has 2 aliphatic rings. The molecule has 2 saturated heterocycles. The lowest BCUT2D eigenvalue weighted by molar-refractivity contribution is 0.0123. The van der Waals surface area contributed by atoms with Crippen LogP contribution in [-0.4, -0.2) is 44.5 Å². The Labute approximate surface area is 115 Å². The Bertz CT molecular complexity index is 456. The minimum Gasteiger partial charge on any atom is -0.388 e. The second kappa shape index (κ2) is 4.91. The molecule has 2 aliphatic heterocycles. The Kier molecular flexibility index (Phi) is 3.39. The van der Waals surface area contributed by atoms with Crippen LogP contribution in [0, 0.1) is 0 Å². The van der Waals surface area contributed by atoms with E-state index in [9.17, 15) is 5.11 Å². The third kappa shape index (κ3) is 2.21. The van der Waals surface area contributed by atoms with Gasteiger partial charge in [0.1, 0.15) is 0 Å². The second-order valence-corrected chi connectivity index (χ2v) is 6.02. The molecule has 106 valence electrons. The first-order valence-corrected chi connectivity index (χ1v) is 7.68. The van der Waals surface area contributed by atoms with E-state index in [-0.39, 0.29) is 0 Å². The van der Waals surface area contributed by atoms with Crippen molar-refractivity contribution >= 4 is 0 Å². The fourth-order valence-corrected chi connectivity index (χ4v) is 3.83. The van der Waals surface area contributed by atoms with Crippen LogP contribution < -0.4 is 0 Å². The zero-order chi connectivity index (χ0) is 13.5. The summed E-state index contributed by atoms with van der Waals surface area (Å²) in [4.78, 5) is 2.47. The highest BCUT2D eigenvalue weighted by atomic mass is 16.3. The molecule has 3 heterocycles. The van der Waals surface area contributed by atoms with Crippen LogP contribution in [0.3, 0.4) is 0 Å². The number of hydrogen-bond donors (Lipinski definition) is 1. The molecule has 0 radical (unpaired) electrons. The molecule has 4 heteroatoms. The SMILES string of the molecule is CCc1cc(CC2(O)CCN3CCCC32)n(CC)n1. The average molecular weight is 263 g/mol. The summed E-state index contributed by atoms with van der Waals surface area (Å²) in [5, 5.41) is 15.6. The molecule has 0 aliphatic carbocycles. The standard InChI is InChI=1S/C15H25N3O/c1-3-12-10-13(18(4-2)16-12)11-15(19)7-9-17-8-5-6-14(15)17/h10,14,19H,3-9,11H2,1-2H3. The van der Waals surface area contributed by atoms with Crippen LogP contribution in [0.25, 0.3) is 0 Å². The van der Waals surface area contributed by atoms with Crippen LogP contribution in [0.4, 0.5) is 0 Å². The van der Waals surface area contributed by atoms with E-state index in [1.165, 1.54) is 18.7 Å².